The molecule has 0 aliphatic rings. The summed E-state index contributed by atoms with van der Waals surface area (Å²) in [4.78, 5) is 0. The lowest BCUT2D eigenvalue weighted by Crippen LogP contribution is -2.00. The quantitative estimate of drug-likeness (QED) is 0.563. The smallest absolute Gasteiger partial charge is 0.157 e. The van der Waals surface area contributed by atoms with Gasteiger partial charge in [-0.05, 0) is 33.1 Å². The summed E-state index contributed by atoms with van der Waals surface area (Å²) in [5, 5.41) is 5.30. The van der Waals surface area contributed by atoms with Gasteiger partial charge in [-0.25, -0.2) is 0 Å². The van der Waals surface area contributed by atoms with E-state index in [0.29, 0.717) is 6.04 Å². The van der Waals surface area contributed by atoms with E-state index in [1.165, 1.54) is 12.8 Å². The third-order valence-electron chi connectivity index (χ3n) is 2.15. The number of hydrogen-bond acceptors (Lipinski definition) is 2. The van der Waals surface area contributed by atoms with Gasteiger partial charge in [-0.3, -0.25) is 4.68 Å². The van der Waals surface area contributed by atoms with E-state index in [4.69, 9.17) is 4.74 Å². The molecule has 0 N–H and O–H groups in total. The molecule has 0 unspecified atom stereocenters. The van der Waals surface area contributed by atoms with E-state index in [0.717, 1.165) is 24.1 Å². The highest BCUT2D eigenvalue weighted by Crippen LogP contribution is 2.12. The van der Waals surface area contributed by atoms with E-state index in [1.807, 2.05) is 10.9 Å². The first kappa shape index (κ1) is 12.6. The maximum atomic E-state index is 5.58. The Morgan fingerprint density at radius 3 is 2.80 bits per heavy atom. The van der Waals surface area contributed by atoms with Crippen LogP contribution in [0.4, 0.5) is 0 Å². The van der Waals surface area contributed by atoms with Crippen molar-refractivity contribution in [2.45, 2.75) is 39.2 Å². The van der Waals surface area contributed by atoms with Crippen LogP contribution >= 0.6 is 15.9 Å². The van der Waals surface area contributed by atoms with Gasteiger partial charge >= 0.3 is 0 Å². The maximum absolute atomic E-state index is 5.58. The second kappa shape index (κ2) is 6.88. The Kier molecular flexibility index (Phi) is 5.76. The Morgan fingerprint density at radius 1 is 1.40 bits per heavy atom. The van der Waals surface area contributed by atoms with Crippen LogP contribution in [0.3, 0.4) is 0 Å². The summed E-state index contributed by atoms with van der Waals surface area (Å²) in [6.07, 6.45) is 7.27. The van der Waals surface area contributed by atoms with Crippen LogP contribution in [0, 0.1) is 0 Å². The summed E-state index contributed by atoms with van der Waals surface area (Å²) in [6.45, 7) is 5.00. The van der Waals surface area contributed by atoms with Crippen molar-refractivity contribution in [1.29, 1.82) is 0 Å². The topological polar surface area (TPSA) is 27.1 Å². The molecule has 15 heavy (non-hydrogen) atoms. The zero-order valence-electron chi connectivity index (χ0n) is 9.45. The van der Waals surface area contributed by atoms with E-state index in [9.17, 15) is 0 Å². The highest BCUT2D eigenvalue weighted by molar-refractivity contribution is 9.09. The minimum Gasteiger partial charge on any atom is -0.490 e. The Hall–Kier alpha value is -0.510. The minimum atomic E-state index is 0.399. The molecule has 1 aromatic heterocycles. The van der Waals surface area contributed by atoms with E-state index >= 15 is 0 Å². The minimum absolute atomic E-state index is 0.399. The largest absolute Gasteiger partial charge is 0.490 e. The van der Waals surface area contributed by atoms with Crippen LogP contribution in [0.25, 0.3) is 0 Å². The summed E-state index contributed by atoms with van der Waals surface area (Å²) in [5.41, 5.74) is 0. The van der Waals surface area contributed by atoms with Crippen molar-refractivity contribution in [2.75, 3.05) is 11.9 Å². The first-order valence-corrected chi connectivity index (χ1v) is 6.59. The fourth-order valence-electron chi connectivity index (χ4n) is 1.24. The van der Waals surface area contributed by atoms with E-state index in [1.54, 1.807) is 6.20 Å². The number of rotatable bonds is 7. The molecule has 86 valence electrons. The molecule has 1 aromatic rings. The molecule has 0 spiro atoms. The van der Waals surface area contributed by atoms with Gasteiger partial charge in [0.15, 0.2) is 5.75 Å². The number of aromatic nitrogens is 2. The Morgan fingerprint density at radius 2 is 2.20 bits per heavy atom. The molecule has 0 fully saturated rings. The number of ether oxygens (including phenoxy) is 1. The van der Waals surface area contributed by atoms with Gasteiger partial charge < -0.3 is 4.74 Å². The van der Waals surface area contributed by atoms with E-state index in [2.05, 4.69) is 34.9 Å². The zero-order chi connectivity index (χ0) is 11.1. The van der Waals surface area contributed by atoms with Gasteiger partial charge in [-0.2, -0.15) is 5.10 Å². The van der Waals surface area contributed by atoms with Crippen LogP contribution in [0.15, 0.2) is 12.4 Å². The predicted octanol–water partition coefficient (Wildman–Crippen LogP) is 3.41. The van der Waals surface area contributed by atoms with Crippen molar-refractivity contribution in [3.05, 3.63) is 12.4 Å². The van der Waals surface area contributed by atoms with Crippen molar-refractivity contribution >= 4 is 15.9 Å². The van der Waals surface area contributed by atoms with Crippen molar-refractivity contribution in [1.82, 2.24) is 9.78 Å². The molecule has 0 saturated carbocycles. The van der Waals surface area contributed by atoms with E-state index in [-0.39, 0.29) is 0 Å². The SMILES string of the molecule is CC(C)n1cc(OCCCCCBr)cn1. The lowest BCUT2D eigenvalue weighted by molar-refractivity contribution is 0.306. The lowest BCUT2D eigenvalue weighted by atomic mass is 10.3. The second-order valence-corrected chi connectivity index (χ2v) is 4.64. The van der Waals surface area contributed by atoms with E-state index < -0.39 is 0 Å². The molecular formula is C11H19BrN2O. The van der Waals surface area contributed by atoms with Gasteiger partial charge in [0.2, 0.25) is 0 Å². The summed E-state index contributed by atoms with van der Waals surface area (Å²) < 4.78 is 7.50. The summed E-state index contributed by atoms with van der Waals surface area (Å²) >= 11 is 3.41. The average Bonchev–Trinajstić information content (AvgIpc) is 2.66. The molecule has 0 bridgehead atoms. The number of halogens is 1. The summed E-state index contributed by atoms with van der Waals surface area (Å²) in [6, 6.07) is 0.399. The highest BCUT2D eigenvalue weighted by atomic mass is 79.9. The normalized spacial score (nSPS) is 10.9. The predicted molar refractivity (Wildman–Crippen MR) is 65.8 cm³/mol. The van der Waals surface area contributed by atoms with Crippen molar-refractivity contribution < 1.29 is 4.74 Å². The molecule has 4 heteroatoms. The number of nitrogens with zero attached hydrogens (tertiary/aromatic N) is 2. The van der Waals surface area contributed by atoms with Crippen molar-refractivity contribution in [3.63, 3.8) is 0 Å². The third kappa shape index (κ3) is 4.69. The molecular weight excluding hydrogens is 256 g/mol. The fourth-order valence-corrected chi connectivity index (χ4v) is 1.64. The van der Waals surface area contributed by atoms with Crippen LogP contribution in [-0.4, -0.2) is 21.7 Å². The summed E-state index contributed by atoms with van der Waals surface area (Å²) in [5.74, 6) is 0.877. The molecule has 3 nitrogen and oxygen atoms in total. The second-order valence-electron chi connectivity index (χ2n) is 3.85. The molecule has 0 aliphatic heterocycles. The Labute approximate surface area is 99.9 Å². The standard InChI is InChI=1S/C11H19BrN2O/c1-10(2)14-9-11(8-13-14)15-7-5-3-4-6-12/h8-10H,3-7H2,1-2H3. The lowest BCUT2D eigenvalue weighted by Gasteiger charge is -2.04. The van der Waals surface area contributed by atoms with Crippen molar-refractivity contribution in [3.8, 4) is 5.75 Å². The highest BCUT2D eigenvalue weighted by Gasteiger charge is 2.01. The van der Waals surface area contributed by atoms with Crippen LogP contribution in [0.2, 0.25) is 0 Å². The molecule has 0 amide bonds. The van der Waals surface area contributed by atoms with Gasteiger partial charge in [-0.1, -0.05) is 15.9 Å². The monoisotopic (exact) mass is 274 g/mol. The van der Waals surface area contributed by atoms with Gasteiger partial charge in [-0.15, -0.1) is 0 Å². The number of unbranched alkanes of at least 4 members (excludes halogenated alkanes) is 2. The molecule has 1 heterocycles. The van der Waals surface area contributed by atoms with Crippen LogP contribution in [-0.2, 0) is 0 Å². The molecule has 1 rings (SSSR count). The van der Waals surface area contributed by atoms with Gasteiger partial charge in [0.25, 0.3) is 0 Å². The van der Waals surface area contributed by atoms with Crippen LogP contribution in [0.5, 0.6) is 5.75 Å². The van der Waals surface area contributed by atoms with Gasteiger partial charge in [0, 0.05) is 11.4 Å². The first-order chi connectivity index (χ1) is 7.24. The third-order valence-corrected chi connectivity index (χ3v) is 2.71. The first-order valence-electron chi connectivity index (χ1n) is 5.47. The molecule has 0 saturated heterocycles. The molecule has 0 atom stereocenters. The zero-order valence-corrected chi connectivity index (χ0v) is 11.0. The van der Waals surface area contributed by atoms with Crippen molar-refractivity contribution in [2.24, 2.45) is 0 Å². The number of alkyl halides is 1. The molecule has 0 aliphatic carbocycles. The molecule has 0 aromatic carbocycles. The van der Waals surface area contributed by atoms with Gasteiger partial charge in [0.1, 0.15) is 0 Å². The summed E-state index contributed by atoms with van der Waals surface area (Å²) in [7, 11) is 0. The van der Waals surface area contributed by atoms with Crippen LogP contribution < -0.4 is 4.74 Å². The maximum Gasteiger partial charge on any atom is 0.157 e. The average molecular weight is 275 g/mol. The van der Waals surface area contributed by atoms with Crippen LogP contribution in [0.1, 0.15) is 39.2 Å². The van der Waals surface area contributed by atoms with Gasteiger partial charge in [0.05, 0.1) is 19.0 Å². The molecule has 0 radical (unpaired) electrons. The fraction of sp³-hybridized carbons (Fsp3) is 0.727. The number of hydrogen-bond donors (Lipinski definition) is 0. The Bertz CT molecular complexity index is 273. The Balaban J connectivity index is 2.20.